The van der Waals surface area contributed by atoms with Crippen LogP contribution in [0.1, 0.15) is 41.6 Å². The van der Waals surface area contributed by atoms with Gasteiger partial charge in [0.15, 0.2) is 5.17 Å². The summed E-state index contributed by atoms with van der Waals surface area (Å²) in [4.78, 5) is 47.8. The van der Waals surface area contributed by atoms with Crippen molar-refractivity contribution in [3.05, 3.63) is 53.7 Å². The first-order valence-electron chi connectivity index (χ1n) is 10.7. The number of amides is 3. The number of hydrogen-bond acceptors (Lipinski definition) is 6. The van der Waals surface area contributed by atoms with Crippen LogP contribution in [0.5, 0.6) is 0 Å². The average molecular weight is 452 g/mol. The second-order valence-electron chi connectivity index (χ2n) is 7.89. The van der Waals surface area contributed by atoms with Gasteiger partial charge < -0.3 is 15.5 Å². The molecule has 0 bridgehead atoms. The van der Waals surface area contributed by atoms with E-state index >= 15 is 0 Å². The SMILES string of the molecule is Cc1ccnc(NC(=O)c2cccc(NC(=O)C[C@@H]3SC(N4CCCCC4)=NC3=O)c2)c1. The molecule has 1 aromatic carbocycles. The largest absolute Gasteiger partial charge is 0.351 e. The maximum atomic E-state index is 12.6. The van der Waals surface area contributed by atoms with E-state index < -0.39 is 5.25 Å². The van der Waals surface area contributed by atoms with E-state index in [4.69, 9.17) is 0 Å². The molecule has 1 saturated heterocycles. The Morgan fingerprint density at radius 3 is 2.72 bits per heavy atom. The van der Waals surface area contributed by atoms with Crippen molar-refractivity contribution in [2.45, 2.75) is 37.9 Å². The highest BCUT2D eigenvalue weighted by Crippen LogP contribution is 2.29. The molecule has 3 amide bonds. The van der Waals surface area contributed by atoms with Gasteiger partial charge in [-0.3, -0.25) is 14.4 Å². The number of carbonyl (C=O) groups excluding carboxylic acids is 3. The molecule has 0 radical (unpaired) electrons. The molecular weight excluding hydrogens is 426 g/mol. The molecule has 4 rings (SSSR count). The number of rotatable bonds is 5. The quantitative estimate of drug-likeness (QED) is 0.722. The van der Waals surface area contributed by atoms with Crippen molar-refractivity contribution in [1.82, 2.24) is 9.88 Å². The molecule has 2 aliphatic heterocycles. The topological polar surface area (TPSA) is 104 Å². The minimum Gasteiger partial charge on any atom is -0.351 e. The highest BCUT2D eigenvalue weighted by molar-refractivity contribution is 8.15. The van der Waals surface area contributed by atoms with E-state index in [0.717, 1.165) is 36.7 Å². The Morgan fingerprint density at radius 1 is 1.12 bits per heavy atom. The van der Waals surface area contributed by atoms with E-state index in [1.165, 1.54) is 18.2 Å². The van der Waals surface area contributed by atoms with Gasteiger partial charge in [0.05, 0.1) is 0 Å². The number of pyridine rings is 1. The fraction of sp³-hybridized carbons (Fsp3) is 0.348. The molecular formula is C23H25N5O3S. The van der Waals surface area contributed by atoms with Crippen LogP contribution in [0.15, 0.2) is 47.6 Å². The zero-order valence-corrected chi connectivity index (χ0v) is 18.7. The lowest BCUT2D eigenvalue weighted by atomic mass is 10.1. The Bertz CT molecular complexity index is 1070. The van der Waals surface area contributed by atoms with Gasteiger partial charge in [-0.2, -0.15) is 4.99 Å². The van der Waals surface area contributed by atoms with Gasteiger partial charge in [0.2, 0.25) is 5.91 Å². The molecule has 8 nitrogen and oxygen atoms in total. The van der Waals surface area contributed by atoms with Crippen LogP contribution >= 0.6 is 11.8 Å². The van der Waals surface area contributed by atoms with Crippen molar-refractivity contribution in [3.63, 3.8) is 0 Å². The van der Waals surface area contributed by atoms with Crippen molar-refractivity contribution in [2.75, 3.05) is 23.7 Å². The number of benzene rings is 1. The number of carbonyl (C=O) groups is 3. The van der Waals surface area contributed by atoms with Gasteiger partial charge in [-0.05, 0) is 62.1 Å². The lowest BCUT2D eigenvalue weighted by Gasteiger charge is -2.27. The first kappa shape index (κ1) is 22.0. The number of anilines is 2. The van der Waals surface area contributed by atoms with Crippen LogP contribution in [0.2, 0.25) is 0 Å². The average Bonchev–Trinajstić information content (AvgIpc) is 3.14. The number of amidine groups is 1. The minimum absolute atomic E-state index is 0.0357. The Morgan fingerprint density at radius 2 is 1.94 bits per heavy atom. The summed E-state index contributed by atoms with van der Waals surface area (Å²) in [5.41, 5.74) is 1.88. The second kappa shape index (κ2) is 9.95. The molecule has 1 atom stereocenters. The van der Waals surface area contributed by atoms with Gasteiger partial charge in [-0.25, -0.2) is 4.98 Å². The monoisotopic (exact) mass is 451 g/mol. The smallest absolute Gasteiger partial charge is 0.262 e. The summed E-state index contributed by atoms with van der Waals surface area (Å²) in [6.45, 7) is 3.73. The van der Waals surface area contributed by atoms with Crippen LogP contribution in [0, 0.1) is 6.92 Å². The van der Waals surface area contributed by atoms with Crippen LogP contribution < -0.4 is 10.6 Å². The van der Waals surface area contributed by atoms with E-state index in [1.54, 1.807) is 36.5 Å². The van der Waals surface area contributed by atoms with Gasteiger partial charge in [-0.1, -0.05) is 17.8 Å². The molecule has 9 heteroatoms. The van der Waals surface area contributed by atoms with Crippen LogP contribution in [0.3, 0.4) is 0 Å². The summed E-state index contributed by atoms with van der Waals surface area (Å²) >= 11 is 1.37. The van der Waals surface area contributed by atoms with Crippen molar-refractivity contribution >= 4 is 46.2 Å². The Labute approximate surface area is 190 Å². The molecule has 1 fully saturated rings. The highest BCUT2D eigenvalue weighted by atomic mass is 32.2. The third-order valence-corrected chi connectivity index (χ3v) is 6.50. The number of nitrogens with zero attached hydrogens (tertiary/aromatic N) is 3. The molecule has 0 spiro atoms. The maximum absolute atomic E-state index is 12.6. The summed E-state index contributed by atoms with van der Waals surface area (Å²) in [7, 11) is 0. The zero-order chi connectivity index (χ0) is 22.5. The predicted octanol–water partition coefficient (Wildman–Crippen LogP) is 3.45. The molecule has 2 N–H and O–H groups in total. The summed E-state index contributed by atoms with van der Waals surface area (Å²) in [5, 5.41) is 5.76. The van der Waals surface area contributed by atoms with Crippen LogP contribution in [-0.4, -0.2) is 51.1 Å². The highest BCUT2D eigenvalue weighted by Gasteiger charge is 2.33. The number of thioether (sulfide) groups is 1. The van der Waals surface area contributed by atoms with Gasteiger partial charge in [0, 0.05) is 37.0 Å². The van der Waals surface area contributed by atoms with Crippen LogP contribution in [-0.2, 0) is 9.59 Å². The fourth-order valence-corrected chi connectivity index (χ4v) is 4.76. The summed E-state index contributed by atoms with van der Waals surface area (Å²) < 4.78 is 0. The third kappa shape index (κ3) is 5.53. The van der Waals surface area contributed by atoms with Crippen molar-refractivity contribution in [2.24, 2.45) is 4.99 Å². The van der Waals surface area contributed by atoms with Gasteiger partial charge in [0.1, 0.15) is 11.1 Å². The van der Waals surface area contributed by atoms with E-state index in [1.807, 2.05) is 13.0 Å². The lowest BCUT2D eigenvalue weighted by Crippen LogP contribution is -2.33. The van der Waals surface area contributed by atoms with Crippen molar-refractivity contribution in [3.8, 4) is 0 Å². The molecule has 166 valence electrons. The maximum Gasteiger partial charge on any atom is 0.262 e. The molecule has 1 aromatic heterocycles. The summed E-state index contributed by atoms with van der Waals surface area (Å²) in [6, 6.07) is 10.3. The number of likely N-dealkylation sites (tertiary alicyclic amines) is 1. The Hall–Kier alpha value is -3.20. The lowest BCUT2D eigenvalue weighted by molar-refractivity contribution is -0.121. The first-order chi connectivity index (χ1) is 15.5. The molecule has 3 heterocycles. The number of aliphatic imine (C=N–C) groups is 1. The zero-order valence-electron chi connectivity index (χ0n) is 17.8. The van der Waals surface area contributed by atoms with Gasteiger partial charge in [0.25, 0.3) is 11.8 Å². The number of aryl methyl sites for hydroxylation is 1. The first-order valence-corrected chi connectivity index (χ1v) is 11.5. The fourth-order valence-electron chi connectivity index (χ4n) is 3.64. The number of nitrogens with one attached hydrogen (secondary N) is 2. The van der Waals surface area contributed by atoms with Crippen LogP contribution in [0.25, 0.3) is 0 Å². The molecule has 0 aliphatic carbocycles. The number of aromatic nitrogens is 1. The van der Waals surface area contributed by atoms with Crippen molar-refractivity contribution in [1.29, 1.82) is 0 Å². The molecule has 32 heavy (non-hydrogen) atoms. The molecule has 2 aromatic rings. The van der Waals surface area contributed by atoms with E-state index in [2.05, 4.69) is 25.5 Å². The predicted molar refractivity (Wildman–Crippen MR) is 126 cm³/mol. The number of piperidine rings is 1. The molecule has 2 aliphatic rings. The van der Waals surface area contributed by atoms with Crippen LogP contribution in [0.4, 0.5) is 11.5 Å². The Kier molecular flexibility index (Phi) is 6.84. The number of hydrogen-bond donors (Lipinski definition) is 2. The summed E-state index contributed by atoms with van der Waals surface area (Å²) in [5.74, 6) is -0.403. The molecule has 0 unspecified atom stereocenters. The van der Waals surface area contributed by atoms with E-state index in [-0.39, 0.29) is 24.1 Å². The Balaban J connectivity index is 1.33. The third-order valence-electron chi connectivity index (χ3n) is 5.29. The summed E-state index contributed by atoms with van der Waals surface area (Å²) in [6.07, 6.45) is 5.07. The standard InChI is InChI=1S/C23H25N5O3S/c1-15-8-9-24-19(12-15)26-21(30)16-6-5-7-17(13-16)25-20(29)14-18-22(31)27-23(32-18)28-10-3-2-4-11-28/h5-9,12-13,18H,2-4,10-11,14H2,1H3,(H,25,29)(H,24,26,30)/t18-/m0/s1. The van der Waals surface area contributed by atoms with Gasteiger partial charge in [-0.15, -0.1) is 0 Å². The minimum atomic E-state index is -0.509. The second-order valence-corrected chi connectivity index (χ2v) is 9.06. The van der Waals surface area contributed by atoms with Crippen molar-refractivity contribution < 1.29 is 14.4 Å². The molecule has 0 saturated carbocycles. The normalized spacial score (nSPS) is 18.3. The van der Waals surface area contributed by atoms with Gasteiger partial charge >= 0.3 is 0 Å². The van der Waals surface area contributed by atoms with E-state index in [9.17, 15) is 14.4 Å². The van der Waals surface area contributed by atoms with E-state index in [0.29, 0.717) is 17.1 Å².